The third-order valence-electron chi connectivity index (χ3n) is 2.97. The van der Waals surface area contributed by atoms with Gasteiger partial charge in [-0.1, -0.05) is 0 Å². The quantitative estimate of drug-likeness (QED) is 0.701. The molecule has 2 heterocycles. The third kappa shape index (κ3) is 2.95. The SMILES string of the molecule is Cc1cc(=O)oc2cc(OCC(=O)Nc3ncn[nH]3)ccc12. The fourth-order valence-electron chi connectivity index (χ4n) is 1.98. The molecule has 0 bridgehead atoms. The number of aryl methyl sites for hydroxylation is 1. The molecule has 0 fully saturated rings. The molecule has 2 aromatic heterocycles. The molecule has 0 unspecified atom stereocenters. The van der Waals surface area contributed by atoms with Gasteiger partial charge in [-0.25, -0.2) is 9.89 Å². The normalized spacial score (nSPS) is 10.6. The summed E-state index contributed by atoms with van der Waals surface area (Å²) < 4.78 is 10.5. The fourth-order valence-corrected chi connectivity index (χ4v) is 1.98. The predicted molar refractivity (Wildman–Crippen MR) is 77.7 cm³/mol. The van der Waals surface area contributed by atoms with Crippen molar-refractivity contribution in [3.8, 4) is 5.75 Å². The van der Waals surface area contributed by atoms with Crippen molar-refractivity contribution in [2.75, 3.05) is 11.9 Å². The van der Waals surface area contributed by atoms with Gasteiger partial charge in [-0.05, 0) is 24.6 Å². The van der Waals surface area contributed by atoms with Crippen LogP contribution in [0.2, 0.25) is 0 Å². The summed E-state index contributed by atoms with van der Waals surface area (Å²) in [6.45, 7) is 1.62. The Morgan fingerprint density at radius 2 is 2.27 bits per heavy atom. The number of aromatic nitrogens is 3. The Kier molecular flexibility index (Phi) is 3.57. The first kappa shape index (κ1) is 13.8. The number of nitrogens with zero attached hydrogens (tertiary/aromatic N) is 2. The van der Waals surface area contributed by atoms with Crippen LogP contribution in [0.15, 0.2) is 39.8 Å². The van der Waals surface area contributed by atoms with Crippen molar-refractivity contribution in [1.29, 1.82) is 0 Å². The molecule has 0 spiro atoms. The molecule has 2 N–H and O–H groups in total. The van der Waals surface area contributed by atoms with E-state index in [1.807, 2.05) is 6.92 Å². The van der Waals surface area contributed by atoms with Crippen LogP contribution < -0.4 is 15.7 Å². The standard InChI is InChI=1S/C14H12N4O4/c1-8-4-13(20)22-11-5-9(2-3-10(8)11)21-6-12(19)17-14-15-7-16-18-14/h2-5,7H,6H2,1H3,(H2,15,16,17,18,19). The Balaban J connectivity index is 1.71. The lowest BCUT2D eigenvalue weighted by Crippen LogP contribution is -2.20. The van der Waals surface area contributed by atoms with Crippen molar-refractivity contribution in [3.63, 3.8) is 0 Å². The molecule has 1 aromatic carbocycles. The van der Waals surface area contributed by atoms with Crippen LogP contribution in [0, 0.1) is 6.92 Å². The number of rotatable bonds is 4. The van der Waals surface area contributed by atoms with E-state index in [9.17, 15) is 9.59 Å². The molecule has 0 aliphatic heterocycles. The van der Waals surface area contributed by atoms with Crippen LogP contribution in [0.1, 0.15) is 5.56 Å². The number of amides is 1. The van der Waals surface area contributed by atoms with Crippen LogP contribution >= 0.6 is 0 Å². The number of nitrogens with one attached hydrogen (secondary N) is 2. The van der Waals surface area contributed by atoms with E-state index in [1.54, 1.807) is 18.2 Å². The van der Waals surface area contributed by atoms with E-state index in [-0.39, 0.29) is 18.5 Å². The molecule has 8 nitrogen and oxygen atoms in total. The van der Waals surface area contributed by atoms with E-state index < -0.39 is 5.63 Å². The molecule has 0 atom stereocenters. The van der Waals surface area contributed by atoms with Gasteiger partial charge in [0.05, 0.1) is 0 Å². The number of fused-ring (bicyclic) bond motifs is 1. The van der Waals surface area contributed by atoms with E-state index in [2.05, 4.69) is 20.5 Å². The van der Waals surface area contributed by atoms with E-state index in [0.717, 1.165) is 10.9 Å². The number of benzene rings is 1. The number of ether oxygens (including phenoxy) is 1. The molecule has 0 saturated carbocycles. The molecule has 1 amide bonds. The number of aromatic amines is 1. The number of H-pyrrole nitrogens is 1. The van der Waals surface area contributed by atoms with E-state index in [4.69, 9.17) is 9.15 Å². The minimum Gasteiger partial charge on any atom is -0.484 e. The van der Waals surface area contributed by atoms with Crippen molar-refractivity contribution >= 4 is 22.8 Å². The maximum absolute atomic E-state index is 11.7. The Bertz CT molecular complexity index is 870. The molecule has 3 aromatic rings. The minimum atomic E-state index is -0.426. The van der Waals surface area contributed by atoms with E-state index in [0.29, 0.717) is 11.3 Å². The highest BCUT2D eigenvalue weighted by molar-refractivity contribution is 5.90. The molecular formula is C14H12N4O4. The van der Waals surface area contributed by atoms with Crippen molar-refractivity contribution in [2.24, 2.45) is 0 Å². The van der Waals surface area contributed by atoms with Gasteiger partial charge in [0.25, 0.3) is 5.91 Å². The Labute approximate surface area is 124 Å². The van der Waals surface area contributed by atoms with Crippen LogP contribution in [0.5, 0.6) is 5.75 Å². The summed E-state index contributed by atoms with van der Waals surface area (Å²) in [6.07, 6.45) is 1.28. The molecule has 22 heavy (non-hydrogen) atoms. The highest BCUT2D eigenvalue weighted by Gasteiger charge is 2.07. The Hall–Kier alpha value is -3.16. The summed E-state index contributed by atoms with van der Waals surface area (Å²) >= 11 is 0. The van der Waals surface area contributed by atoms with Crippen LogP contribution in [0.4, 0.5) is 5.95 Å². The van der Waals surface area contributed by atoms with Gasteiger partial charge in [-0.2, -0.15) is 10.1 Å². The molecule has 0 aliphatic carbocycles. The zero-order valence-corrected chi connectivity index (χ0v) is 11.6. The lowest BCUT2D eigenvalue weighted by Gasteiger charge is -2.07. The summed E-state index contributed by atoms with van der Waals surface area (Å²) in [6, 6.07) is 6.48. The second-order valence-corrected chi connectivity index (χ2v) is 4.58. The topological polar surface area (TPSA) is 110 Å². The lowest BCUT2D eigenvalue weighted by atomic mass is 10.1. The van der Waals surface area contributed by atoms with Gasteiger partial charge < -0.3 is 9.15 Å². The van der Waals surface area contributed by atoms with Gasteiger partial charge >= 0.3 is 5.63 Å². The number of anilines is 1. The largest absolute Gasteiger partial charge is 0.484 e. The third-order valence-corrected chi connectivity index (χ3v) is 2.97. The van der Waals surface area contributed by atoms with E-state index in [1.165, 1.54) is 12.4 Å². The summed E-state index contributed by atoms with van der Waals surface area (Å²) in [5.74, 6) is 0.283. The fraction of sp³-hybridized carbons (Fsp3) is 0.143. The Morgan fingerprint density at radius 1 is 1.41 bits per heavy atom. The monoisotopic (exact) mass is 300 g/mol. The molecule has 3 rings (SSSR count). The minimum absolute atomic E-state index is 0.206. The molecule has 0 radical (unpaired) electrons. The first-order chi connectivity index (χ1) is 10.6. The zero-order valence-electron chi connectivity index (χ0n) is 11.6. The average Bonchev–Trinajstić information content (AvgIpc) is 2.97. The number of carbonyl (C=O) groups excluding carboxylic acids is 1. The van der Waals surface area contributed by atoms with Crippen molar-refractivity contribution in [2.45, 2.75) is 6.92 Å². The molecule has 8 heteroatoms. The lowest BCUT2D eigenvalue weighted by molar-refractivity contribution is -0.118. The second kappa shape index (κ2) is 5.68. The summed E-state index contributed by atoms with van der Waals surface area (Å²) in [5, 5.41) is 9.41. The van der Waals surface area contributed by atoms with Gasteiger partial charge in [0.15, 0.2) is 6.61 Å². The summed E-state index contributed by atoms with van der Waals surface area (Å²) in [7, 11) is 0. The highest BCUT2D eigenvalue weighted by Crippen LogP contribution is 2.22. The molecular weight excluding hydrogens is 288 g/mol. The van der Waals surface area contributed by atoms with Crippen molar-refractivity contribution in [1.82, 2.24) is 15.2 Å². The summed E-state index contributed by atoms with van der Waals surface area (Å²) in [4.78, 5) is 26.8. The van der Waals surface area contributed by atoms with Gasteiger partial charge in [-0.3, -0.25) is 10.1 Å². The number of hydrogen-bond acceptors (Lipinski definition) is 6. The first-order valence-electron chi connectivity index (χ1n) is 6.44. The number of hydrogen-bond donors (Lipinski definition) is 2. The molecule has 0 aliphatic rings. The van der Waals surface area contributed by atoms with Crippen LogP contribution in [0.25, 0.3) is 11.0 Å². The molecule has 0 saturated heterocycles. The Morgan fingerprint density at radius 3 is 3.05 bits per heavy atom. The van der Waals surface area contributed by atoms with Gasteiger partial charge in [0, 0.05) is 17.5 Å². The van der Waals surface area contributed by atoms with Crippen molar-refractivity contribution in [3.05, 3.63) is 46.6 Å². The van der Waals surface area contributed by atoms with E-state index >= 15 is 0 Å². The predicted octanol–water partition coefficient (Wildman–Crippen LogP) is 1.24. The second-order valence-electron chi connectivity index (χ2n) is 4.58. The van der Waals surface area contributed by atoms with Gasteiger partial charge in [-0.15, -0.1) is 0 Å². The maximum Gasteiger partial charge on any atom is 0.336 e. The first-order valence-corrected chi connectivity index (χ1v) is 6.44. The van der Waals surface area contributed by atoms with Crippen LogP contribution in [-0.4, -0.2) is 27.7 Å². The summed E-state index contributed by atoms with van der Waals surface area (Å²) in [5.41, 5.74) is 0.809. The van der Waals surface area contributed by atoms with Crippen LogP contribution in [0.3, 0.4) is 0 Å². The van der Waals surface area contributed by atoms with Crippen LogP contribution in [-0.2, 0) is 4.79 Å². The van der Waals surface area contributed by atoms with Crippen molar-refractivity contribution < 1.29 is 13.9 Å². The maximum atomic E-state index is 11.7. The number of carbonyl (C=O) groups is 1. The highest BCUT2D eigenvalue weighted by atomic mass is 16.5. The smallest absolute Gasteiger partial charge is 0.336 e. The van der Waals surface area contributed by atoms with Gasteiger partial charge in [0.1, 0.15) is 17.7 Å². The molecule has 112 valence electrons. The van der Waals surface area contributed by atoms with Gasteiger partial charge in [0.2, 0.25) is 5.95 Å². The average molecular weight is 300 g/mol. The zero-order chi connectivity index (χ0) is 15.5.